The molecule has 4 aliphatic carbocycles. The molecule has 14 atom stereocenters. The molecule has 1 saturated heterocycles. The molecule has 4 bridgehead atoms. The molecule has 0 amide bonds. The van der Waals surface area contributed by atoms with E-state index in [0.717, 1.165) is 0 Å². The molecule has 0 spiro atoms. The zero-order valence-electron chi connectivity index (χ0n) is 25.5. The molecule has 0 aromatic heterocycles. The van der Waals surface area contributed by atoms with Gasteiger partial charge in [0.2, 0.25) is 0 Å². The number of aliphatic hydroxyl groups is 2. The van der Waals surface area contributed by atoms with Crippen LogP contribution in [0.25, 0.3) is 0 Å². The second-order valence-corrected chi connectivity index (χ2v) is 19.3. The average Bonchev–Trinajstić information content (AvgIpc) is 3.02. The number of nitrogens with two attached hydrogens (primary N) is 1. The van der Waals surface area contributed by atoms with Gasteiger partial charge in [0.1, 0.15) is 0 Å². The third-order valence-corrected chi connectivity index (χ3v) is 18.2. The van der Waals surface area contributed by atoms with Crippen molar-refractivity contribution in [2.24, 2.45) is 33.5 Å². The molecular formula is C28H46I2N2O10-2. The Morgan fingerprint density at radius 1 is 1.00 bits per heavy atom. The topological polar surface area (TPSA) is 159 Å². The van der Waals surface area contributed by atoms with Crippen LogP contribution in [-0.2, 0) is 38.0 Å². The van der Waals surface area contributed by atoms with Crippen molar-refractivity contribution in [3.63, 3.8) is 0 Å². The number of carbonyl (C=O) groups is 2. The second kappa shape index (κ2) is 11.7. The second-order valence-electron chi connectivity index (χ2n) is 12.7. The Bertz CT molecular complexity index is 1070. The van der Waals surface area contributed by atoms with Crippen LogP contribution in [0.2, 0.25) is 0 Å². The Morgan fingerprint density at radius 2 is 1.67 bits per heavy atom. The van der Waals surface area contributed by atoms with Crippen LogP contribution in [0.3, 0.4) is 0 Å². The molecule has 5 aliphatic rings. The number of halogens is 2. The first-order valence-electron chi connectivity index (χ1n) is 14.4. The number of esters is 2. The Balaban J connectivity index is 1.88. The van der Waals surface area contributed by atoms with E-state index in [-0.39, 0.29) is 30.5 Å². The van der Waals surface area contributed by atoms with Crippen molar-refractivity contribution in [3.8, 4) is 0 Å². The molecule has 1 aliphatic heterocycles. The Hall–Kier alpha value is 0.0800. The zero-order valence-corrected chi connectivity index (χ0v) is 29.9. The first kappa shape index (κ1) is 33.4. The molecule has 0 radical (unpaired) electrons. The molecule has 3 unspecified atom stereocenters. The number of nitrogens with zero attached hydrogens (tertiary/aromatic N) is 1. The Labute approximate surface area is 269 Å². The van der Waals surface area contributed by atoms with Gasteiger partial charge in [-0.3, -0.25) is 0 Å². The van der Waals surface area contributed by atoms with Gasteiger partial charge in [0.05, 0.1) is 0 Å². The number of carbonyl (C=O) groups excluding carboxylic acids is 2. The summed E-state index contributed by atoms with van der Waals surface area (Å²) in [5.74, 6) is -2.91. The van der Waals surface area contributed by atoms with Crippen LogP contribution in [0, 0.1) is 29.6 Å². The van der Waals surface area contributed by atoms with E-state index in [9.17, 15) is 19.8 Å². The van der Waals surface area contributed by atoms with Crippen LogP contribution in [0.15, 0.2) is 0 Å². The summed E-state index contributed by atoms with van der Waals surface area (Å²) >= 11 is -1.97. The van der Waals surface area contributed by atoms with E-state index in [1.54, 1.807) is 21.3 Å². The summed E-state index contributed by atoms with van der Waals surface area (Å²) in [5, 5.41) is 25.8. The Morgan fingerprint density at radius 3 is 2.19 bits per heavy atom. The van der Waals surface area contributed by atoms with Gasteiger partial charge in [0.15, 0.2) is 0 Å². The van der Waals surface area contributed by atoms with Crippen LogP contribution >= 0.6 is 0 Å². The molecule has 42 heavy (non-hydrogen) atoms. The predicted molar refractivity (Wildman–Crippen MR) is 140 cm³/mol. The number of hydrogen-bond donors (Lipinski definition) is 3. The fraction of sp³-hybridized carbons (Fsp3) is 0.929. The third kappa shape index (κ3) is 4.32. The van der Waals surface area contributed by atoms with E-state index in [4.69, 9.17) is 32.4 Å². The summed E-state index contributed by atoms with van der Waals surface area (Å²) in [6.07, 6.45) is -2.87. The number of hydrogen-bond acceptors (Lipinski definition) is 12. The molecule has 0 aromatic rings. The van der Waals surface area contributed by atoms with E-state index in [1.807, 2.05) is 6.92 Å². The van der Waals surface area contributed by atoms with Crippen LogP contribution in [0.1, 0.15) is 33.6 Å². The maximum absolute atomic E-state index is 13.3. The molecule has 244 valence electrons. The summed E-state index contributed by atoms with van der Waals surface area (Å²) in [4.78, 5) is 25.1. The molecule has 1 heterocycles. The standard InChI is InChI=1S/C28H46I2N2O10/c1-13-20-16-10-26(13,35)23(40-8)24(42-15(3)34)28(20,36)17-11-32(4)30-27(16)19(38-6)9-18(41-14(2)33)25(29-31,12-37-5)22(27)21(17)39-7/h13,16-24,35-36H,9-12,31H2,1-8H3/q-2/t13?,16?,17-,18-,19+,20+,21+,22-,23+,24+,25-,26-,27?,28+/m1/s1. The van der Waals surface area contributed by atoms with Crippen LogP contribution in [0.5, 0.6) is 0 Å². The van der Waals surface area contributed by atoms with Gasteiger partial charge >= 0.3 is 271 Å². The van der Waals surface area contributed by atoms with Gasteiger partial charge in [0, 0.05) is 0 Å². The van der Waals surface area contributed by atoms with Crippen LogP contribution < -0.4 is 46.9 Å². The van der Waals surface area contributed by atoms with Gasteiger partial charge in [0.25, 0.3) is 0 Å². The molecule has 4 N–H and O–H groups in total. The monoisotopic (exact) mass is 824 g/mol. The van der Waals surface area contributed by atoms with Gasteiger partial charge in [-0.05, 0) is 0 Å². The van der Waals surface area contributed by atoms with Gasteiger partial charge in [-0.15, -0.1) is 0 Å². The van der Waals surface area contributed by atoms with E-state index in [1.165, 1.54) is 21.0 Å². The molecule has 0 aromatic carbocycles. The van der Waals surface area contributed by atoms with E-state index in [2.05, 4.69) is 10.2 Å². The van der Waals surface area contributed by atoms with Gasteiger partial charge in [-0.1, -0.05) is 0 Å². The summed E-state index contributed by atoms with van der Waals surface area (Å²) in [6.45, 7) is 5.42. The minimum atomic E-state index is -1.61. The third-order valence-electron chi connectivity index (χ3n) is 11.1. The van der Waals surface area contributed by atoms with Crippen molar-refractivity contribution in [2.45, 2.75) is 82.2 Å². The number of methoxy groups -OCH3 is 4. The van der Waals surface area contributed by atoms with E-state index >= 15 is 0 Å². The number of ether oxygens (including phenoxy) is 6. The average molecular weight is 824 g/mol. The van der Waals surface area contributed by atoms with Gasteiger partial charge < -0.3 is 0 Å². The minimum absolute atomic E-state index is 0.251. The fourth-order valence-corrected chi connectivity index (χ4v) is 18.1. The summed E-state index contributed by atoms with van der Waals surface area (Å²) in [7, 11) is 8.53. The normalized spacial score (nSPS) is 51.7. The van der Waals surface area contributed by atoms with Crippen molar-refractivity contribution >= 4 is 11.9 Å². The summed E-state index contributed by atoms with van der Waals surface area (Å²) < 4.78 is 44.6. The van der Waals surface area contributed by atoms with Crippen molar-refractivity contribution in [1.29, 1.82) is 0 Å². The number of rotatable bonds is 8. The van der Waals surface area contributed by atoms with Gasteiger partial charge in [-0.2, -0.15) is 0 Å². The van der Waals surface area contributed by atoms with E-state index < -0.39 is 109 Å². The zero-order chi connectivity index (χ0) is 31.0. The maximum atomic E-state index is 13.3. The first-order valence-corrected chi connectivity index (χ1v) is 18.7. The van der Waals surface area contributed by atoms with Crippen LogP contribution in [0.4, 0.5) is 0 Å². The van der Waals surface area contributed by atoms with Crippen molar-refractivity contribution in [3.05, 3.63) is 0 Å². The molecular weight excluding hydrogens is 778 g/mol. The number of fused-ring (bicyclic) bond motifs is 3. The molecule has 4 saturated carbocycles. The van der Waals surface area contributed by atoms with E-state index in [0.29, 0.717) is 19.4 Å². The fourth-order valence-electron chi connectivity index (χ4n) is 9.97. The first-order chi connectivity index (χ1) is 19.8. The Kier molecular flexibility index (Phi) is 9.32. The van der Waals surface area contributed by atoms with Gasteiger partial charge in [-0.25, -0.2) is 0 Å². The molecule has 5 fully saturated rings. The van der Waals surface area contributed by atoms with Crippen molar-refractivity contribution in [2.75, 3.05) is 48.6 Å². The van der Waals surface area contributed by atoms with Crippen molar-refractivity contribution < 1.29 is 91.2 Å². The summed E-state index contributed by atoms with van der Waals surface area (Å²) in [6, 6.07) is 0. The van der Waals surface area contributed by atoms with Crippen molar-refractivity contribution in [1.82, 2.24) is 3.11 Å². The predicted octanol–water partition coefficient (Wildman–Crippen LogP) is -6.67. The SMILES string of the molecule is COC[C@@]1([I-]N)[C@H](OC(C)=O)C[C@H](OC)C23[I-]N(C)C[C@H]([C@H](OC)[C@@H]21)[C@]1(O)[C@@H]2C3C[C@@](O)(C2C)[C@@H](OC)[C@@H]1OC(C)=O. The molecule has 14 heteroatoms. The molecule has 12 nitrogen and oxygen atoms in total. The quantitative estimate of drug-likeness (QED) is 0.0922. The molecule has 5 rings (SSSR count). The number of alkyl halides is 2. The summed E-state index contributed by atoms with van der Waals surface area (Å²) in [5.41, 5.74) is -2.97. The van der Waals surface area contributed by atoms with Crippen LogP contribution in [-0.4, -0.2) is 122 Å².